The number of nitrogens with zero attached hydrogens (tertiary/aromatic N) is 2. The van der Waals surface area contributed by atoms with Crippen LogP contribution in [0.25, 0.3) is 0 Å². The highest BCUT2D eigenvalue weighted by atomic mass is 19.1. The molecule has 0 atom stereocenters. The standard InChI is InChI=1S/C12H14FN3O/c1-16-6-5-15-12(16)4-7-17-11-8-9(13)2-3-10(11)14/h2-3,5-6,8H,4,7,14H2,1H3. The number of benzene rings is 1. The first kappa shape index (κ1) is 11.4. The highest BCUT2D eigenvalue weighted by Gasteiger charge is 2.04. The summed E-state index contributed by atoms with van der Waals surface area (Å²) in [6, 6.07) is 4.08. The molecule has 0 saturated heterocycles. The summed E-state index contributed by atoms with van der Waals surface area (Å²) in [5, 5.41) is 0. The van der Waals surface area contributed by atoms with Gasteiger partial charge in [-0.05, 0) is 12.1 Å². The SMILES string of the molecule is Cn1ccnc1CCOc1cc(F)ccc1N. The first-order valence-corrected chi connectivity index (χ1v) is 5.31. The van der Waals surface area contributed by atoms with Crippen LogP contribution in [0, 0.1) is 5.82 Å². The molecule has 0 aliphatic carbocycles. The zero-order valence-corrected chi connectivity index (χ0v) is 9.56. The minimum Gasteiger partial charge on any atom is -0.491 e. The van der Waals surface area contributed by atoms with Gasteiger partial charge in [0.25, 0.3) is 0 Å². The van der Waals surface area contributed by atoms with Crippen LogP contribution in [0.4, 0.5) is 10.1 Å². The van der Waals surface area contributed by atoms with Crippen molar-refractivity contribution in [2.75, 3.05) is 12.3 Å². The highest BCUT2D eigenvalue weighted by molar-refractivity contribution is 5.52. The van der Waals surface area contributed by atoms with Crippen LogP contribution >= 0.6 is 0 Å². The Morgan fingerprint density at radius 1 is 1.47 bits per heavy atom. The Labute approximate surface area is 98.8 Å². The molecule has 1 aromatic carbocycles. The van der Waals surface area contributed by atoms with Crippen LogP contribution in [0.5, 0.6) is 5.75 Å². The van der Waals surface area contributed by atoms with E-state index in [1.54, 1.807) is 6.20 Å². The van der Waals surface area contributed by atoms with E-state index >= 15 is 0 Å². The number of imidazole rings is 1. The summed E-state index contributed by atoms with van der Waals surface area (Å²) in [6.45, 7) is 0.415. The monoisotopic (exact) mass is 235 g/mol. The first-order chi connectivity index (χ1) is 8.16. The third-order valence-electron chi connectivity index (χ3n) is 2.48. The van der Waals surface area contributed by atoms with Crippen molar-refractivity contribution in [2.45, 2.75) is 6.42 Å². The summed E-state index contributed by atoms with van der Waals surface area (Å²) in [4.78, 5) is 4.16. The molecular formula is C12H14FN3O. The Morgan fingerprint density at radius 3 is 3.00 bits per heavy atom. The fourth-order valence-electron chi connectivity index (χ4n) is 1.52. The van der Waals surface area contributed by atoms with Gasteiger partial charge in [-0.15, -0.1) is 0 Å². The molecule has 0 saturated carbocycles. The third kappa shape index (κ3) is 2.75. The van der Waals surface area contributed by atoms with Crippen LogP contribution in [0.3, 0.4) is 0 Å². The fourth-order valence-corrected chi connectivity index (χ4v) is 1.52. The molecule has 0 radical (unpaired) electrons. The summed E-state index contributed by atoms with van der Waals surface area (Å²) < 4.78 is 20.3. The average Bonchev–Trinajstić information content (AvgIpc) is 2.70. The van der Waals surface area contributed by atoms with Crippen molar-refractivity contribution in [1.29, 1.82) is 0 Å². The maximum atomic E-state index is 13.0. The number of nitrogen functional groups attached to an aromatic ring is 1. The number of halogens is 1. The van der Waals surface area contributed by atoms with Gasteiger partial charge in [0.1, 0.15) is 17.4 Å². The lowest BCUT2D eigenvalue weighted by Gasteiger charge is -2.08. The largest absolute Gasteiger partial charge is 0.491 e. The van der Waals surface area contributed by atoms with Gasteiger partial charge in [-0.2, -0.15) is 0 Å². The molecule has 90 valence electrons. The molecule has 1 aromatic heterocycles. The average molecular weight is 235 g/mol. The molecule has 0 fully saturated rings. The number of hydrogen-bond acceptors (Lipinski definition) is 3. The second-order valence-corrected chi connectivity index (χ2v) is 3.73. The zero-order chi connectivity index (χ0) is 12.3. The number of rotatable bonds is 4. The van der Waals surface area contributed by atoms with Gasteiger partial charge in [-0.25, -0.2) is 9.37 Å². The third-order valence-corrected chi connectivity index (χ3v) is 2.48. The minimum absolute atomic E-state index is 0.355. The first-order valence-electron chi connectivity index (χ1n) is 5.31. The number of aromatic nitrogens is 2. The Bertz CT molecular complexity index is 510. The molecule has 2 rings (SSSR count). The number of anilines is 1. The molecule has 2 aromatic rings. The number of nitrogens with two attached hydrogens (primary N) is 1. The molecular weight excluding hydrogens is 221 g/mol. The van der Waals surface area contributed by atoms with E-state index in [1.165, 1.54) is 18.2 Å². The van der Waals surface area contributed by atoms with E-state index in [0.717, 1.165) is 5.82 Å². The lowest BCUT2D eigenvalue weighted by molar-refractivity contribution is 0.317. The lowest BCUT2D eigenvalue weighted by atomic mass is 10.3. The van der Waals surface area contributed by atoms with Crippen molar-refractivity contribution >= 4 is 5.69 Å². The Hall–Kier alpha value is -2.04. The van der Waals surface area contributed by atoms with Crippen molar-refractivity contribution in [2.24, 2.45) is 7.05 Å². The van der Waals surface area contributed by atoms with Crippen LogP contribution in [0.15, 0.2) is 30.6 Å². The van der Waals surface area contributed by atoms with E-state index in [4.69, 9.17) is 10.5 Å². The molecule has 0 unspecified atom stereocenters. The molecule has 17 heavy (non-hydrogen) atoms. The maximum Gasteiger partial charge on any atom is 0.145 e. The molecule has 0 spiro atoms. The van der Waals surface area contributed by atoms with Crippen LogP contribution in [0.2, 0.25) is 0 Å². The number of ether oxygens (including phenoxy) is 1. The maximum absolute atomic E-state index is 13.0. The Balaban J connectivity index is 1.94. The van der Waals surface area contributed by atoms with Gasteiger partial charge in [-0.3, -0.25) is 0 Å². The molecule has 5 heteroatoms. The molecule has 1 heterocycles. The molecule has 4 nitrogen and oxygen atoms in total. The van der Waals surface area contributed by atoms with E-state index in [1.807, 2.05) is 17.8 Å². The van der Waals surface area contributed by atoms with Crippen LogP contribution in [-0.2, 0) is 13.5 Å². The smallest absolute Gasteiger partial charge is 0.145 e. The fraction of sp³-hybridized carbons (Fsp3) is 0.250. The van der Waals surface area contributed by atoms with E-state index in [-0.39, 0.29) is 5.82 Å². The second kappa shape index (κ2) is 4.86. The van der Waals surface area contributed by atoms with Gasteiger partial charge in [0, 0.05) is 31.9 Å². The second-order valence-electron chi connectivity index (χ2n) is 3.73. The Morgan fingerprint density at radius 2 is 2.29 bits per heavy atom. The van der Waals surface area contributed by atoms with E-state index in [2.05, 4.69) is 4.98 Å². The van der Waals surface area contributed by atoms with Gasteiger partial charge in [0.05, 0.1) is 12.3 Å². The van der Waals surface area contributed by atoms with E-state index < -0.39 is 0 Å². The van der Waals surface area contributed by atoms with Crippen LogP contribution in [-0.4, -0.2) is 16.2 Å². The highest BCUT2D eigenvalue weighted by Crippen LogP contribution is 2.21. The normalized spacial score (nSPS) is 10.5. The van der Waals surface area contributed by atoms with Gasteiger partial charge in [0.2, 0.25) is 0 Å². The van der Waals surface area contributed by atoms with Gasteiger partial charge in [0.15, 0.2) is 0 Å². The van der Waals surface area contributed by atoms with Crippen molar-refractivity contribution in [3.8, 4) is 5.75 Å². The van der Waals surface area contributed by atoms with Gasteiger partial charge in [-0.1, -0.05) is 0 Å². The quantitative estimate of drug-likeness (QED) is 0.821. The minimum atomic E-state index is -0.355. The lowest BCUT2D eigenvalue weighted by Crippen LogP contribution is -2.07. The summed E-state index contributed by atoms with van der Waals surface area (Å²) in [5.41, 5.74) is 6.10. The van der Waals surface area contributed by atoms with E-state index in [9.17, 15) is 4.39 Å². The number of aryl methyl sites for hydroxylation is 1. The van der Waals surface area contributed by atoms with Gasteiger partial charge >= 0.3 is 0 Å². The predicted molar refractivity (Wildman–Crippen MR) is 63.2 cm³/mol. The van der Waals surface area contributed by atoms with Crippen molar-refractivity contribution in [3.63, 3.8) is 0 Å². The molecule has 2 N–H and O–H groups in total. The molecule has 0 aliphatic heterocycles. The zero-order valence-electron chi connectivity index (χ0n) is 9.56. The van der Waals surface area contributed by atoms with E-state index in [0.29, 0.717) is 24.5 Å². The predicted octanol–water partition coefficient (Wildman–Crippen LogP) is 1.76. The molecule has 0 bridgehead atoms. The van der Waals surface area contributed by atoms with Crippen LogP contribution in [0.1, 0.15) is 5.82 Å². The summed E-state index contributed by atoms with van der Waals surface area (Å²) >= 11 is 0. The van der Waals surface area contributed by atoms with Gasteiger partial charge < -0.3 is 15.0 Å². The van der Waals surface area contributed by atoms with Crippen LogP contribution < -0.4 is 10.5 Å². The van der Waals surface area contributed by atoms with Crippen molar-refractivity contribution < 1.29 is 9.13 Å². The Kier molecular flexibility index (Phi) is 3.27. The summed E-state index contributed by atoms with van der Waals surface area (Å²) in [6.07, 6.45) is 4.25. The van der Waals surface area contributed by atoms with Crippen molar-refractivity contribution in [1.82, 2.24) is 9.55 Å². The topological polar surface area (TPSA) is 53.1 Å². The summed E-state index contributed by atoms with van der Waals surface area (Å²) in [5.74, 6) is 0.936. The summed E-state index contributed by atoms with van der Waals surface area (Å²) in [7, 11) is 1.92. The van der Waals surface area contributed by atoms with Crippen molar-refractivity contribution in [3.05, 3.63) is 42.2 Å². The molecule has 0 amide bonds. The molecule has 0 aliphatic rings. The number of hydrogen-bond donors (Lipinski definition) is 1.